The van der Waals surface area contributed by atoms with E-state index in [0.29, 0.717) is 45.5 Å². The first kappa shape index (κ1) is 27.4. The van der Waals surface area contributed by atoms with Crippen LogP contribution in [0, 0.1) is 0 Å². The lowest BCUT2D eigenvalue weighted by Gasteiger charge is -2.38. The highest BCUT2D eigenvalue weighted by atomic mass is 16.5. The summed E-state index contributed by atoms with van der Waals surface area (Å²) in [5, 5.41) is 17.2. The van der Waals surface area contributed by atoms with Crippen molar-refractivity contribution in [3.05, 3.63) is 71.3 Å². The molecule has 8 heteroatoms. The number of nitrogens with one attached hydrogen (secondary N) is 2. The summed E-state index contributed by atoms with van der Waals surface area (Å²) >= 11 is 0. The van der Waals surface area contributed by atoms with E-state index in [1.807, 2.05) is 54.6 Å². The van der Waals surface area contributed by atoms with E-state index in [0.717, 1.165) is 23.1 Å². The summed E-state index contributed by atoms with van der Waals surface area (Å²) < 4.78 is 4.98. The van der Waals surface area contributed by atoms with Crippen molar-refractivity contribution >= 4 is 17.8 Å². The topological polar surface area (TPSA) is 108 Å². The first-order valence-corrected chi connectivity index (χ1v) is 12.6. The van der Waals surface area contributed by atoms with Crippen LogP contribution in [0.1, 0.15) is 43.4 Å². The largest absolute Gasteiger partial charge is 0.466 e. The van der Waals surface area contributed by atoms with Gasteiger partial charge in [0.25, 0.3) is 0 Å². The fourth-order valence-electron chi connectivity index (χ4n) is 4.56. The Kier molecular flexibility index (Phi) is 10.5. The van der Waals surface area contributed by atoms with Gasteiger partial charge in [-0.15, -0.1) is 0 Å². The predicted octanol–water partition coefficient (Wildman–Crippen LogP) is 1.98. The van der Waals surface area contributed by atoms with E-state index in [1.54, 1.807) is 11.8 Å². The zero-order valence-corrected chi connectivity index (χ0v) is 21.1. The van der Waals surface area contributed by atoms with Gasteiger partial charge in [0.1, 0.15) is 6.04 Å². The fraction of sp³-hybridized carbons (Fsp3) is 0.464. The summed E-state index contributed by atoms with van der Waals surface area (Å²) in [4.78, 5) is 38.5. The van der Waals surface area contributed by atoms with Gasteiger partial charge >= 0.3 is 5.97 Å². The molecular weight excluding hydrogens is 458 g/mol. The van der Waals surface area contributed by atoms with Gasteiger partial charge in [0.2, 0.25) is 11.8 Å². The molecule has 8 nitrogen and oxygen atoms in total. The Morgan fingerprint density at radius 1 is 1.14 bits per heavy atom. The number of rotatable bonds is 12. The van der Waals surface area contributed by atoms with Crippen LogP contribution in [0.3, 0.4) is 0 Å². The van der Waals surface area contributed by atoms with E-state index in [2.05, 4.69) is 10.6 Å². The second-order valence-corrected chi connectivity index (χ2v) is 9.16. The van der Waals surface area contributed by atoms with Gasteiger partial charge in [0, 0.05) is 33.0 Å². The third kappa shape index (κ3) is 8.17. The third-order valence-electron chi connectivity index (χ3n) is 6.28. The highest BCUT2D eigenvalue weighted by Gasteiger charge is 2.38. The average Bonchev–Trinajstić information content (AvgIpc) is 2.85. The minimum atomic E-state index is -1.10. The molecule has 1 heterocycles. The van der Waals surface area contributed by atoms with Crippen molar-refractivity contribution in [1.29, 1.82) is 0 Å². The van der Waals surface area contributed by atoms with Gasteiger partial charge in [0.05, 0.1) is 18.8 Å². The molecule has 2 amide bonds. The van der Waals surface area contributed by atoms with Crippen molar-refractivity contribution in [2.75, 3.05) is 19.7 Å². The fourth-order valence-corrected chi connectivity index (χ4v) is 4.56. The monoisotopic (exact) mass is 495 g/mol. The number of carbonyl (C=O) groups is 3. The summed E-state index contributed by atoms with van der Waals surface area (Å²) in [6.45, 7) is 5.16. The molecule has 3 N–H and O–H groups in total. The van der Waals surface area contributed by atoms with Crippen LogP contribution < -0.4 is 10.6 Å². The van der Waals surface area contributed by atoms with Crippen LogP contribution in [-0.2, 0) is 38.5 Å². The van der Waals surface area contributed by atoms with Gasteiger partial charge in [-0.1, -0.05) is 54.6 Å². The number of carbonyl (C=O) groups excluding carboxylic acids is 3. The maximum absolute atomic E-state index is 13.2. The number of aliphatic hydroxyl groups excluding tert-OH is 1. The number of ether oxygens (including phenoxy) is 1. The van der Waals surface area contributed by atoms with Crippen molar-refractivity contribution in [3.8, 4) is 0 Å². The molecule has 1 aliphatic rings. The van der Waals surface area contributed by atoms with Crippen LogP contribution in [0.4, 0.5) is 0 Å². The van der Waals surface area contributed by atoms with Gasteiger partial charge in [-0.2, -0.15) is 0 Å². The number of aliphatic hydroxyl groups is 1. The molecule has 1 fully saturated rings. The minimum absolute atomic E-state index is 0.180. The van der Waals surface area contributed by atoms with Crippen molar-refractivity contribution < 1.29 is 24.2 Å². The molecule has 0 aromatic heterocycles. The molecule has 3 rings (SSSR count). The van der Waals surface area contributed by atoms with E-state index in [1.165, 1.54) is 6.92 Å². The normalized spacial score (nSPS) is 17.4. The number of hydrogen-bond donors (Lipinski definition) is 3. The summed E-state index contributed by atoms with van der Waals surface area (Å²) in [7, 11) is 0. The zero-order valence-electron chi connectivity index (χ0n) is 21.1. The van der Waals surface area contributed by atoms with Crippen LogP contribution in [-0.4, -0.2) is 65.7 Å². The quantitative estimate of drug-likeness (QED) is 0.389. The molecule has 1 saturated heterocycles. The number of amides is 2. The minimum Gasteiger partial charge on any atom is -0.466 e. The Morgan fingerprint density at radius 3 is 2.58 bits per heavy atom. The van der Waals surface area contributed by atoms with E-state index in [9.17, 15) is 19.5 Å². The molecule has 1 aliphatic heterocycles. The lowest BCUT2D eigenvalue weighted by atomic mass is 9.93. The van der Waals surface area contributed by atoms with E-state index in [-0.39, 0.29) is 17.8 Å². The van der Waals surface area contributed by atoms with E-state index < -0.39 is 18.2 Å². The van der Waals surface area contributed by atoms with Crippen LogP contribution in [0.25, 0.3) is 0 Å². The molecule has 0 radical (unpaired) electrons. The van der Waals surface area contributed by atoms with Crippen molar-refractivity contribution in [2.24, 2.45) is 0 Å². The van der Waals surface area contributed by atoms with Crippen LogP contribution in [0.5, 0.6) is 0 Å². The number of benzene rings is 2. The number of piperazine rings is 1. The van der Waals surface area contributed by atoms with Crippen molar-refractivity contribution in [3.63, 3.8) is 0 Å². The van der Waals surface area contributed by atoms with Crippen molar-refractivity contribution in [1.82, 2.24) is 15.5 Å². The second-order valence-electron chi connectivity index (χ2n) is 9.16. The number of nitrogens with zero attached hydrogens (tertiary/aromatic N) is 1. The summed E-state index contributed by atoms with van der Waals surface area (Å²) in [5.74, 6) is -0.650. The number of hydrogen-bond acceptors (Lipinski definition) is 6. The van der Waals surface area contributed by atoms with E-state index in [4.69, 9.17) is 4.74 Å². The predicted molar refractivity (Wildman–Crippen MR) is 137 cm³/mol. The second kappa shape index (κ2) is 13.8. The van der Waals surface area contributed by atoms with Gasteiger partial charge < -0.3 is 25.4 Å². The molecule has 0 unspecified atom stereocenters. The Bertz CT molecular complexity index is 1010. The molecule has 0 spiro atoms. The molecule has 0 saturated carbocycles. The summed E-state index contributed by atoms with van der Waals surface area (Å²) in [6, 6.07) is 16.2. The Labute approximate surface area is 213 Å². The van der Waals surface area contributed by atoms with Crippen LogP contribution in [0.2, 0.25) is 0 Å². The van der Waals surface area contributed by atoms with E-state index >= 15 is 0 Å². The van der Waals surface area contributed by atoms with Crippen LogP contribution >= 0.6 is 0 Å². The smallest absolute Gasteiger partial charge is 0.305 e. The molecular formula is C28H37N3O5. The molecule has 3 atom stereocenters. The van der Waals surface area contributed by atoms with Gasteiger partial charge in [-0.3, -0.25) is 14.4 Å². The molecule has 0 bridgehead atoms. The zero-order chi connectivity index (χ0) is 25.9. The standard InChI is InChI=1S/C28H37N3O5/c1-3-36-25(33)14-8-12-21-11-7-13-23(17-21)18-24(30-20(2)32)27(34)26-28(35)31(16-15-29-26)19-22-9-5-4-6-10-22/h4-7,9-11,13,17,24,26-27,29,34H,3,8,12,14-16,18-19H2,1-2H3,(H,30,32)/t24-,26-,27-/m0/s1. The maximum Gasteiger partial charge on any atom is 0.305 e. The highest BCUT2D eigenvalue weighted by Crippen LogP contribution is 2.17. The lowest BCUT2D eigenvalue weighted by Crippen LogP contribution is -2.63. The first-order chi connectivity index (χ1) is 17.4. The highest BCUT2D eigenvalue weighted by molar-refractivity contribution is 5.83. The SMILES string of the molecule is CCOC(=O)CCCc1cccc(C[C@H](NC(C)=O)[C@H](O)[C@@H]2NCCN(Cc3ccccc3)C2=O)c1. The van der Waals surface area contributed by atoms with Gasteiger partial charge in [-0.05, 0) is 42.9 Å². The molecule has 2 aromatic carbocycles. The molecule has 36 heavy (non-hydrogen) atoms. The third-order valence-corrected chi connectivity index (χ3v) is 6.28. The molecule has 0 aliphatic carbocycles. The Hall–Kier alpha value is -3.23. The summed E-state index contributed by atoms with van der Waals surface area (Å²) in [6.07, 6.45) is 1.03. The number of esters is 1. The Morgan fingerprint density at radius 2 is 1.86 bits per heavy atom. The van der Waals surface area contributed by atoms with Crippen molar-refractivity contribution in [2.45, 2.75) is 64.3 Å². The maximum atomic E-state index is 13.2. The molecule has 194 valence electrons. The van der Waals surface area contributed by atoms with Crippen LogP contribution in [0.15, 0.2) is 54.6 Å². The van der Waals surface area contributed by atoms with Gasteiger partial charge in [0.15, 0.2) is 0 Å². The lowest BCUT2D eigenvalue weighted by molar-refractivity contribution is -0.143. The average molecular weight is 496 g/mol. The Balaban J connectivity index is 1.66. The summed E-state index contributed by atoms with van der Waals surface area (Å²) in [5.41, 5.74) is 3.03. The van der Waals surface area contributed by atoms with Gasteiger partial charge in [-0.25, -0.2) is 0 Å². The first-order valence-electron chi connectivity index (χ1n) is 12.6. The molecule has 2 aromatic rings. The number of aryl methyl sites for hydroxylation is 1.